The van der Waals surface area contributed by atoms with Gasteiger partial charge in [-0.1, -0.05) is 13.8 Å². The molecule has 0 fully saturated rings. The summed E-state index contributed by atoms with van der Waals surface area (Å²) >= 11 is 3.08. The molecular formula is C8H11BrFNO. The van der Waals surface area contributed by atoms with Crippen molar-refractivity contribution in [2.24, 2.45) is 7.05 Å². The van der Waals surface area contributed by atoms with Gasteiger partial charge in [-0.25, -0.2) is 4.39 Å². The molecule has 0 amide bonds. The molecule has 68 valence electrons. The zero-order chi connectivity index (χ0) is 9.72. The van der Waals surface area contributed by atoms with Gasteiger partial charge in [0.25, 0.3) is 0 Å². The van der Waals surface area contributed by atoms with E-state index in [9.17, 15) is 9.18 Å². The quantitative estimate of drug-likeness (QED) is 0.633. The van der Waals surface area contributed by atoms with E-state index in [1.54, 1.807) is 7.05 Å². The van der Waals surface area contributed by atoms with Crippen molar-refractivity contribution in [3.63, 3.8) is 0 Å². The maximum atomic E-state index is 12.4. The normalized spacial score (nSPS) is 8.75. The molecule has 0 radical (unpaired) electrons. The van der Waals surface area contributed by atoms with Crippen LogP contribution in [0, 0.1) is 5.82 Å². The Bertz CT molecular complexity index is 308. The summed E-state index contributed by atoms with van der Waals surface area (Å²) in [5.74, 6) is -0.731. The number of aromatic nitrogens is 1. The molecule has 0 saturated heterocycles. The van der Waals surface area contributed by atoms with Crippen molar-refractivity contribution in [2.75, 3.05) is 0 Å². The van der Waals surface area contributed by atoms with Gasteiger partial charge in [0, 0.05) is 19.3 Å². The van der Waals surface area contributed by atoms with E-state index in [1.807, 2.05) is 13.8 Å². The van der Waals surface area contributed by atoms with Gasteiger partial charge in [0.2, 0.25) is 5.43 Å². The monoisotopic (exact) mass is 235 g/mol. The molecule has 0 unspecified atom stereocenters. The summed E-state index contributed by atoms with van der Waals surface area (Å²) in [4.78, 5) is 10.6. The smallest absolute Gasteiger partial charge is 0.218 e. The highest BCUT2D eigenvalue weighted by Gasteiger charge is 1.99. The first-order chi connectivity index (χ1) is 5.61. The number of pyridine rings is 1. The van der Waals surface area contributed by atoms with E-state index < -0.39 is 11.2 Å². The summed E-state index contributed by atoms with van der Waals surface area (Å²) in [5.41, 5.74) is -0.593. The van der Waals surface area contributed by atoms with Gasteiger partial charge in [-0.3, -0.25) is 4.79 Å². The molecule has 12 heavy (non-hydrogen) atoms. The number of hydrogen-bond acceptors (Lipinski definition) is 1. The average molecular weight is 236 g/mol. The highest BCUT2D eigenvalue weighted by molar-refractivity contribution is 9.10. The summed E-state index contributed by atoms with van der Waals surface area (Å²) in [6, 6.07) is 1.19. The Morgan fingerprint density at radius 1 is 1.50 bits per heavy atom. The molecule has 1 rings (SSSR count). The second kappa shape index (κ2) is 5.09. The van der Waals surface area contributed by atoms with Crippen LogP contribution in [0.1, 0.15) is 13.8 Å². The van der Waals surface area contributed by atoms with E-state index >= 15 is 0 Å². The minimum absolute atomic E-state index is 0.568. The Labute approximate surface area is 79.2 Å². The van der Waals surface area contributed by atoms with Crippen LogP contribution in [-0.4, -0.2) is 4.57 Å². The van der Waals surface area contributed by atoms with E-state index in [0.717, 1.165) is 6.20 Å². The summed E-state index contributed by atoms with van der Waals surface area (Å²) in [6.45, 7) is 4.00. The Morgan fingerprint density at radius 3 is 2.42 bits per heavy atom. The molecule has 0 aliphatic heterocycles. The molecule has 0 aromatic carbocycles. The molecule has 4 heteroatoms. The van der Waals surface area contributed by atoms with Crippen LogP contribution in [0.5, 0.6) is 0 Å². The first kappa shape index (κ1) is 11.4. The van der Waals surface area contributed by atoms with Crippen molar-refractivity contribution in [3.05, 3.63) is 32.9 Å². The predicted octanol–water partition coefficient (Wildman–Crippen LogP) is 2.31. The van der Waals surface area contributed by atoms with Crippen LogP contribution in [0.2, 0.25) is 0 Å². The number of halogens is 2. The number of rotatable bonds is 0. The molecule has 0 bridgehead atoms. The highest BCUT2D eigenvalue weighted by Crippen LogP contribution is 2.04. The van der Waals surface area contributed by atoms with Gasteiger partial charge in [0.15, 0.2) is 5.82 Å². The number of hydrogen-bond donors (Lipinski definition) is 0. The summed E-state index contributed by atoms with van der Waals surface area (Å²) in [5, 5.41) is 0. The highest BCUT2D eigenvalue weighted by atomic mass is 79.9. The van der Waals surface area contributed by atoms with Crippen molar-refractivity contribution >= 4 is 15.9 Å². The predicted molar refractivity (Wildman–Crippen MR) is 50.7 cm³/mol. The van der Waals surface area contributed by atoms with E-state index in [0.29, 0.717) is 4.60 Å². The topological polar surface area (TPSA) is 22.0 Å². The fraction of sp³-hybridized carbons (Fsp3) is 0.375. The van der Waals surface area contributed by atoms with Gasteiger partial charge in [-0.05, 0) is 15.9 Å². The maximum Gasteiger partial charge on any atom is 0.218 e. The first-order valence-corrected chi connectivity index (χ1v) is 4.42. The number of nitrogens with zero attached hydrogens (tertiary/aromatic N) is 1. The summed E-state index contributed by atoms with van der Waals surface area (Å²) < 4.78 is 14.5. The zero-order valence-corrected chi connectivity index (χ0v) is 8.85. The minimum atomic E-state index is -0.731. The molecular weight excluding hydrogens is 225 g/mol. The van der Waals surface area contributed by atoms with Gasteiger partial charge in [0.05, 0.1) is 4.60 Å². The molecule has 0 aliphatic rings. The van der Waals surface area contributed by atoms with Gasteiger partial charge in [-0.2, -0.15) is 0 Å². The van der Waals surface area contributed by atoms with Crippen LogP contribution >= 0.6 is 15.9 Å². The molecule has 0 saturated carbocycles. The third kappa shape index (κ3) is 2.77. The van der Waals surface area contributed by atoms with Crippen LogP contribution in [0.4, 0.5) is 4.39 Å². The van der Waals surface area contributed by atoms with Crippen LogP contribution in [0.25, 0.3) is 0 Å². The molecule has 0 spiro atoms. The first-order valence-electron chi connectivity index (χ1n) is 3.63. The second-order valence-electron chi connectivity index (χ2n) is 1.92. The Morgan fingerprint density at radius 2 is 2.00 bits per heavy atom. The van der Waals surface area contributed by atoms with Crippen molar-refractivity contribution in [2.45, 2.75) is 13.8 Å². The summed E-state index contributed by atoms with van der Waals surface area (Å²) in [6.07, 6.45) is 1.13. The largest absolute Gasteiger partial charge is 0.342 e. The molecule has 1 heterocycles. The lowest BCUT2D eigenvalue weighted by atomic mass is 10.4. The lowest BCUT2D eigenvalue weighted by Gasteiger charge is -1.99. The molecule has 0 N–H and O–H groups in total. The Kier molecular flexibility index (Phi) is 4.81. The lowest BCUT2D eigenvalue weighted by Crippen LogP contribution is -2.08. The van der Waals surface area contributed by atoms with Gasteiger partial charge in [-0.15, -0.1) is 0 Å². The Balaban J connectivity index is 0.000000561. The van der Waals surface area contributed by atoms with Crippen LogP contribution in [-0.2, 0) is 7.05 Å². The number of aryl methyl sites for hydroxylation is 1. The van der Waals surface area contributed by atoms with Gasteiger partial charge in [0.1, 0.15) is 0 Å². The third-order valence-electron chi connectivity index (χ3n) is 1.13. The van der Waals surface area contributed by atoms with E-state index in [4.69, 9.17) is 0 Å². The molecule has 0 atom stereocenters. The fourth-order valence-corrected chi connectivity index (χ4v) is 0.885. The third-order valence-corrected chi connectivity index (χ3v) is 1.92. The van der Waals surface area contributed by atoms with Crippen LogP contribution < -0.4 is 5.43 Å². The van der Waals surface area contributed by atoms with Crippen LogP contribution in [0.15, 0.2) is 21.7 Å². The zero-order valence-electron chi connectivity index (χ0n) is 7.27. The minimum Gasteiger partial charge on any atom is -0.342 e. The van der Waals surface area contributed by atoms with Crippen molar-refractivity contribution in [1.82, 2.24) is 4.57 Å². The van der Waals surface area contributed by atoms with Crippen molar-refractivity contribution in [3.8, 4) is 0 Å². The SMILES string of the molecule is CC.Cn1cc(F)c(=O)cc1Br. The standard InChI is InChI=1S/C6H5BrFNO.C2H6/c1-9-3-4(8)5(10)2-6(9)7;1-2/h2-3H,1H3;1-2H3. The average Bonchev–Trinajstić information content (AvgIpc) is 2.05. The maximum absolute atomic E-state index is 12.4. The second-order valence-corrected chi connectivity index (χ2v) is 2.73. The molecule has 2 nitrogen and oxygen atoms in total. The van der Waals surface area contributed by atoms with Crippen molar-refractivity contribution < 1.29 is 4.39 Å². The molecule has 1 aromatic rings. The van der Waals surface area contributed by atoms with Crippen molar-refractivity contribution in [1.29, 1.82) is 0 Å². The summed E-state index contributed by atoms with van der Waals surface area (Å²) in [7, 11) is 1.65. The van der Waals surface area contributed by atoms with Gasteiger partial charge < -0.3 is 4.57 Å². The van der Waals surface area contributed by atoms with E-state index in [-0.39, 0.29) is 0 Å². The van der Waals surface area contributed by atoms with E-state index in [2.05, 4.69) is 15.9 Å². The molecule has 0 aliphatic carbocycles. The fourth-order valence-electron chi connectivity index (χ4n) is 0.574. The van der Waals surface area contributed by atoms with Gasteiger partial charge >= 0.3 is 0 Å². The van der Waals surface area contributed by atoms with E-state index in [1.165, 1.54) is 10.6 Å². The molecule has 1 aromatic heterocycles. The lowest BCUT2D eigenvalue weighted by molar-refractivity contribution is 0.596. The van der Waals surface area contributed by atoms with Crippen LogP contribution in [0.3, 0.4) is 0 Å². The Hall–Kier alpha value is -0.640.